The minimum absolute atomic E-state index is 0.00103. The van der Waals surface area contributed by atoms with Gasteiger partial charge >= 0.3 is 0 Å². The Morgan fingerprint density at radius 2 is 1.85 bits per heavy atom. The van der Waals surface area contributed by atoms with E-state index < -0.39 is 10.5 Å². The molecule has 27 heavy (non-hydrogen) atoms. The van der Waals surface area contributed by atoms with Gasteiger partial charge in [-0.05, 0) is 37.3 Å². The van der Waals surface area contributed by atoms with Crippen molar-refractivity contribution in [1.29, 1.82) is 0 Å². The number of rotatable bonds is 3. The highest BCUT2D eigenvalue weighted by atomic mass is 16.6. The molecule has 3 heterocycles. The summed E-state index contributed by atoms with van der Waals surface area (Å²) in [6.07, 6.45) is 3.99. The minimum atomic E-state index is -0.543. The van der Waals surface area contributed by atoms with Gasteiger partial charge in [-0.25, -0.2) is 4.99 Å². The normalized spacial score (nSPS) is 18.6. The van der Waals surface area contributed by atoms with Gasteiger partial charge in [0.2, 0.25) is 0 Å². The van der Waals surface area contributed by atoms with Crippen molar-refractivity contribution in [2.24, 2.45) is 4.99 Å². The molecule has 4 rings (SSSR count). The predicted molar refractivity (Wildman–Crippen MR) is 103 cm³/mol. The number of nitrogens with one attached hydrogen (secondary N) is 1. The molecule has 7 nitrogen and oxygen atoms in total. The summed E-state index contributed by atoms with van der Waals surface area (Å²) in [6.45, 7) is 2.05. The Morgan fingerprint density at radius 3 is 2.52 bits per heavy atom. The number of nitro benzene ring substituents is 1. The van der Waals surface area contributed by atoms with Crippen LogP contribution in [0.2, 0.25) is 0 Å². The minimum Gasteiger partial charge on any atom is -0.372 e. The zero-order valence-electron chi connectivity index (χ0n) is 14.7. The van der Waals surface area contributed by atoms with E-state index in [0.29, 0.717) is 12.1 Å². The summed E-state index contributed by atoms with van der Waals surface area (Å²) in [7, 11) is 0. The molecule has 0 spiro atoms. The van der Waals surface area contributed by atoms with Gasteiger partial charge in [-0.2, -0.15) is 0 Å². The maximum atomic E-state index is 11.2. The van der Waals surface area contributed by atoms with Crippen molar-refractivity contribution in [3.63, 3.8) is 0 Å². The van der Waals surface area contributed by atoms with E-state index in [1.165, 1.54) is 12.1 Å². The van der Waals surface area contributed by atoms with Crippen LogP contribution in [0.25, 0.3) is 0 Å². The molecule has 0 saturated heterocycles. The second-order valence-electron chi connectivity index (χ2n) is 6.58. The Balaban J connectivity index is 1.89. The van der Waals surface area contributed by atoms with Gasteiger partial charge in [0.1, 0.15) is 0 Å². The molecule has 0 fully saturated rings. The Kier molecular flexibility index (Phi) is 4.12. The second-order valence-corrected chi connectivity index (χ2v) is 6.58. The van der Waals surface area contributed by atoms with Crippen LogP contribution in [-0.2, 0) is 5.54 Å². The number of nitrogens with zero attached hydrogens (tertiary/aromatic N) is 4. The van der Waals surface area contributed by atoms with Crippen LogP contribution in [0.15, 0.2) is 72.0 Å². The van der Waals surface area contributed by atoms with E-state index >= 15 is 0 Å². The number of fused-ring (bicyclic) bond motifs is 1. The van der Waals surface area contributed by atoms with Crippen LogP contribution in [0.1, 0.15) is 24.7 Å². The molecule has 3 aromatic rings. The summed E-state index contributed by atoms with van der Waals surface area (Å²) in [6, 6.07) is 16.1. The number of aliphatic imine (C=N–C) groups is 1. The number of hydrogen-bond donors (Lipinski definition) is 1. The molecule has 0 aliphatic carbocycles. The van der Waals surface area contributed by atoms with E-state index in [2.05, 4.69) is 15.3 Å². The number of non-ortho nitro benzene ring substituents is 1. The maximum absolute atomic E-state index is 11.2. The van der Waals surface area contributed by atoms with Gasteiger partial charge in [-0.1, -0.05) is 12.1 Å². The van der Waals surface area contributed by atoms with Gasteiger partial charge in [-0.15, -0.1) is 0 Å². The molecule has 0 saturated carbocycles. The summed E-state index contributed by atoms with van der Waals surface area (Å²) < 4.78 is 0. The van der Waals surface area contributed by atoms with Crippen LogP contribution in [-0.4, -0.2) is 20.6 Å². The zero-order valence-corrected chi connectivity index (χ0v) is 14.7. The fourth-order valence-electron chi connectivity index (χ4n) is 3.22. The van der Waals surface area contributed by atoms with E-state index in [1.807, 2.05) is 43.3 Å². The second kappa shape index (κ2) is 6.60. The number of anilines is 1. The molecule has 7 heteroatoms. The first kappa shape index (κ1) is 16.8. The quantitative estimate of drug-likeness (QED) is 0.558. The Hall–Kier alpha value is -3.61. The van der Waals surface area contributed by atoms with E-state index in [4.69, 9.17) is 4.99 Å². The topological polar surface area (TPSA) is 93.3 Å². The van der Waals surface area contributed by atoms with Gasteiger partial charge in [0, 0.05) is 30.9 Å². The van der Waals surface area contributed by atoms with E-state index in [0.717, 1.165) is 22.8 Å². The van der Waals surface area contributed by atoms with E-state index in [1.54, 1.807) is 18.5 Å². The lowest BCUT2D eigenvalue weighted by molar-refractivity contribution is -0.384. The molecule has 1 aliphatic heterocycles. The number of hydrogen-bond acceptors (Lipinski definition) is 6. The van der Waals surface area contributed by atoms with E-state index in [9.17, 15) is 10.1 Å². The molecule has 1 N–H and O–H groups in total. The number of benzene rings is 1. The SMILES string of the molecule is CC1(c2ccccn2)CC(c2ccccn2)=Nc2cc([N+](=O)[O-])ccc2N1. The highest BCUT2D eigenvalue weighted by molar-refractivity contribution is 6.03. The molecule has 0 bridgehead atoms. The molecule has 1 unspecified atom stereocenters. The third-order valence-electron chi connectivity index (χ3n) is 4.57. The lowest BCUT2D eigenvalue weighted by Crippen LogP contribution is -2.35. The summed E-state index contributed by atoms with van der Waals surface area (Å²) in [4.78, 5) is 24.4. The fourth-order valence-corrected chi connectivity index (χ4v) is 3.22. The Bertz CT molecular complexity index is 1020. The third kappa shape index (κ3) is 3.27. The Morgan fingerprint density at radius 1 is 1.07 bits per heavy atom. The molecule has 134 valence electrons. The lowest BCUT2D eigenvalue weighted by atomic mass is 9.89. The highest BCUT2D eigenvalue weighted by Crippen LogP contribution is 2.39. The van der Waals surface area contributed by atoms with Crippen LogP contribution < -0.4 is 5.32 Å². The zero-order chi connectivity index (χ0) is 18.9. The molecule has 1 aliphatic rings. The molecular weight excluding hydrogens is 342 g/mol. The van der Waals surface area contributed by atoms with Crippen molar-refractivity contribution < 1.29 is 4.92 Å². The predicted octanol–water partition coefficient (Wildman–Crippen LogP) is 4.24. The average Bonchev–Trinajstić information content (AvgIpc) is 2.85. The largest absolute Gasteiger partial charge is 0.372 e. The van der Waals surface area contributed by atoms with Crippen LogP contribution in [0, 0.1) is 10.1 Å². The van der Waals surface area contributed by atoms with Crippen LogP contribution in [0.4, 0.5) is 17.1 Å². The summed E-state index contributed by atoms with van der Waals surface area (Å²) in [5, 5.41) is 14.7. The van der Waals surface area contributed by atoms with Gasteiger partial charge in [0.25, 0.3) is 5.69 Å². The standard InChI is InChI=1S/C20H17N5O2/c1-20(19-7-3-5-11-22-19)13-18(15-6-2-4-10-21-15)23-17-12-14(25(26)27)8-9-16(17)24-20/h2-12,24H,13H2,1H3. The van der Waals surface area contributed by atoms with Crippen LogP contribution in [0.5, 0.6) is 0 Å². The van der Waals surface area contributed by atoms with Crippen molar-refractivity contribution in [3.05, 3.63) is 88.5 Å². The van der Waals surface area contributed by atoms with Crippen molar-refractivity contribution in [2.75, 3.05) is 5.32 Å². The van der Waals surface area contributed by atoms with Gasteiger partial charge in [0.05, 0.1) is 38.9 Å². The molecule has 0 radical (unpaired) electrons. The van der Waals surface area contributed by atoms with Crippen molar-refractivity contribution >= 4 is 22.8 Å². The molecule has 0 amide bonds. The first-order valence-electron chi connectivity index (χ1n) is 8.52. The van der Waals surface area contributed by atoms with E-state index in [-0.39, 0.29) is 5.69 Å². The monoisotopic (exact) mass is 359 g/mol. The lowest BCUT2D eigenvalue weighted by Gasteiger charge is -2.30. The van der Waals surface area contributed by atoms with Gasteiger partial charge < -0.3 is 5.32 Å². The van der Waals surface area contributed by atoms with Crippen molar-refractivity contribution in [2.45, 2.75) is 18.9 Å². The van der Waals surface area contributed by atoms with Crippen LogP contribution >= 0.6 is 0 Å². The summed E-state index contributed by atoms with van der Waals surface area (Å²) in [5.74, 6) is 0. The van der Waals surface area contributed by atoms with Crippen LogP contribution in [0.3, 0.4) is 0 Å². The third-order valence-corrected chi connectivity index (χ3v) is 4.57. The molecule has 1 aromatic carbocycles. The van der Waals surface area contributed by atoms with Crippen molar-refractivity contribution in [3.8, 4) is 0 Å². The van der Waals surface area contributed by atoms with Gasteiger partial charge in [0.15, 0.2) is 0 Å². The fraction of sp³-hybridized carbons (Fsp3) is 0.150. The first-order valence-corrected chi connectivity index (χ1v) is 8.52. The first-order chi connectivity index (χ1) is 13.0. The van der Waals surface area contributed by atoms with Gasteiger partial charge in [-0.3, -0.25) is 20.1 Å². The summed E-state index contributed by atoms with van der Waals surface area (Å²) >= 11 is 0. The number of nitro groups is 1. The number of pyridine rings is 2. The average molecular weight is 359 g/mol. The number of aromatic nitrogens is 2. The molecule has 2 aromatic heterocycles. The maximum Gasteiger partial charge on any atom is 0.271 e. The highest BCUT2D eigenvalue weighted by Gasteiger charge is 2.34. The molecular formula is C20H17N5O2. The van der Waals surface area contributed by atoms with Crippen molar-refractivity contribution in [1.82, 2.24) is 9.97 Å². The summed E-state index contributed by atoms with van der Waals surface area (Å²) in [5.41, 5.74) is 3.04. The Labute approximate surface area is 156 Å². The molecule has 1 atom stereocenters. The smallest absolute Gasteiger partial charge is 0.271 e.